The highest BCUT2D eigenvalue weighted by atomic mass is 16.5. The Morgan fingerprint density at radius 2 is 1.96 bits per heavy atom. The standard InChI is InChI=1S/C20H28N2O5/c1-14(15-7-5-4-6-8-15)21(2)20(26)22(13-23)12-18(25)16-9-10-19(27-3)17(24)11-16/h9-11,13-15,24H,4-8,12H2,1-3H3. The number of urea groups is 1. The molecule has 2 rings (SSSR count). The zero-order valence-corrected chi connectivity index (χ0v) is 16.2. The number of ether oxygens (including phenoxy) is 1. The van der Waals surface area contributed by atoms with Gasteiger partial charge in [-0.3, -0.25) is 14.5 Å². The number of carbonyl (C=O) groups excluding carboxylic acids is 3. The van der Waals surface area contributed by atoms with E-state index in [2.05, 4.69) is 0 Å². The Morgan fingerprint density at radius 1 is 1.30 bits per heavy atom. The van der Waals surface area contributed by atoms with E-state index in [1.54, 1.807) is 11.9 Å². The fourth-order valence-corrected chi connectivity index (χ4v) is 3.57. The molecule has 1 fully saturated rings. The molecule has 3 amide bonds. The summed E-state index contributed by atoms with van der Waals surface area (Å²) in [5.41, 5.74) is 0.205. The molecular weight excluding hydrogens is 348 g/mol. The molecule has 0 aliphatic heterocycles. The van der Waals surface area contributed by atoms with E-state index in [1.807, 2.05) is 6.92 Å². The minimum Gasteiger partial charge on any atom is -0.504 e. The smallest absolute Gasteiger partial charge is 0.326 e. The van der Waals surface area contributed by atoms with E-state index in [-0.39, 0.29) is 29.6 Å². The summed E-state index contributed by atoms with van der Waals surface area (Å²) in [7, 11) is 3.08. The van der Waals surface area contributed by atoms with Crippen LogP contribution in [0.2, 0.25) is 0 Å². The number of phenolic OH excluding ortho intramolecular Hbond substituents is 1. The van der Waals surface area contributed by atoms with Gasteiger partial charge in [0.1, 0.15) is 0 Å². The number of aromatic hydroxyl groups is 1. The van der Waals surface area contributed by atoms with Crippen LogP contribution in [-0.2, 0) is 4.79 Å². The summed E-state index contributed by atoms with van der Waals surface area (Å²) < 4.78 is 4.95. The fraction of sp³-hybridized carbons (Fsp3) is 0.550. The van der Waals surface area contributed by atoms with Crippen molar-refractivity contribution in [1.29, 1.82) is 0 Å². The van der Waals surface area contributed by atoms with Gasteiger partial charge in [-0.2, -0.15) is 0 Å². The summed E-state index contributed by atoms with van der Waals surface area (Å²) >= 11 is 0. The Labute approximate surface area is 159 Å². The van der Waals surface area contributed by atoms with Crippen molar-refractivity contribution in [2.75, 3.05) is 20.7 Å². The number of carbonyl (C=O) groups is 3. The van der Waals surface area contributed by atoms with Gasteiger partial charge < -0.3 is 14.7 Å². The summed E-state index contributed by atoms with van der Waals surface area (Å²) in [6.45, 7) is 1.61. The van der Waals surface area contributed by atoms with Crippen molar-refractivity contribution in [3.8, 4) is 11.5 Å². The topological polar surface area (TPSA) is 87.2 Å². The van der Waals surface area contributed by atoms with Crippen LogP contribution in [-0.4, -0.2) is 59.9 Å². The maximum atomic E-state index is 12.7. The summed E-state index contributed by atoms with van der Waals surface area (Å²) in [6.07, 6.45) is 6.08. The largest absolute Gasteiger partial charge is 0.504 e. The molecule has 1 aliphatic carbocycles. The second-order valence-electron chi connectivity index (χ2n) is 7.08. The van der Waals surface area contributed by atoms with Crippen molar-refractivity contribution in [3.63, 3.8) is 0 Å². The molecular formula is C20H28N2O5. The maximum Gasteiger partial charge on any atom is 0.326 e. The molecule has 148 valence electrons. The lowest BCUT2D eigenvalue weighted by Crippen LogP contribution is -2.48. The quantitative estimate of drug-likeness (QED) is 0.584. The Kier molecular flexibility index (Phi) is 7.21. The molecule has 1 N–H and O–H groups in total. The monoisotopic (exact) mass is 376 g/mol. The van der Waals surface area contributed by atoms with Crippen molar-refractivity contribution in [3.05, 3.63) is 23.8 Å². The molecule has 0 heterocycles. The molecule has 0 aromatic heterocycles. The molecule has 1 aliphatic rings. The lowest BCUT2D eigenvalue weighted by Gasteiger charge is -2.35. The molecule has 1 aromatic rings. The van der Waals surface area contributed by atoms with Gasteiger partial charge in [-0.1, -0.05) is 19.3 Å². The molecule has 1 aromatic carbocycles. The normalized spacial score (nSPS) is 15.7. The van der Waals surface area contributed by atoms with Crippen LogP contribution in [0.4, 0.5) is 4.79 Å². The fourth-order valence-electron chi connectivity index (χ4n) is 3.57. The third-order valence-corrected chi connectivity index (χ3v) is 5.43. The van der Waals surface area contributed by atoms with Gasteiger partial charge in [0.15, 0.2) is 17.3 Å². The first-order valence-electron chi connectivity index (χ1n) is 9.28. The Morgan fingerprint density at radius 3 is 2.52 bits per heavy atom. The van der Waals surface area contributed by atoms with E-state index < -0.39 is 11.8 Å². The van der Waals surface area contributed by atoms with Gasteiger partial charge in [-0.05, 0) is 43.9 Å². The number of phenols is 1. The number of nitrogens with zero attached hydrogens (tertiary/aromatic N) is 2. The number of methoxy groups -OCH3 is 1. The second-order valence-corrected chi connectivity index (χ2v) is 7.08. The van der Waals surface area contributed by atoms with Gasteiger partial charge in [-0.15, -0.1) is 0 Å². The molecule has 1 saturated carbocycles. The van der Waals surface area contributed by atoms with E-state index >= 15 is 0 Å². The van der Waals surface area contributed by atoms with Gasteiger partial charge in [0, 0.05) is 18.7 Å². The van der Waals surface area contributed by atoms with E-state index in [9.17, 15) is 19.5 Å². The number of hydrogen-bond acceptors (Lipinski definition) is 5. The van der Waals surface area contributed by atoms with Gasteiger partial charge in [0.2, 0.25) is 6.41 Å². The second kappa shape index (κ2) is 9.39. The van der Waals surface area contributed by atoms with E-state index in [4.69, 9.17) is 4.74 Å². The molecule has 1 unspecified atom stereocenters. The highest BCUT2D eigenvalue weighted by molar-refractivity contribution is 6.01. The highest BCUT2D eigenvalue weighted by Crippen LogP contribution is 2.29. The molecule has 0 bridgehead atoms. The van der Waals surface area contributed by atoms with Crippen molar-refractivity contribution < 1.29 is 24.2 Å². The van der Waals surface area contributed by atoms with Crippen molar-refractivity contribution in [2.24, 2.45) is 5.92 Å². The zero-order chi connectivity index (χ0) is 20.0. The van der Waals surface area contributed by atoms with E-state index in [0.717, 1.165) is 30.6 Å². The number of rotatable bonds is 7. The van der Waals surface area contributed by atoms with Crippen LogP contribution < -0.4 is 4.74 Å². The molecule has 7 nitrogen and oxygen atoms in total. The van der Waals surface area contributed by atoms with Gasteiger partial charge in [0.25, 0.3) is 0 Å². The lowest BCUT2D eigenvalue weighted by atomic mass is 9.84. The van der Waals surface area contributed by atoms with Crippen LogP contribution in [0.3, 0.4) is 0 Å². The van der Waals surface area contributed by atoms with Crippen LogP contribution in [0.5, 0.6) is 11.5 Å². The molecule has 0 radical (unpaired) electrons. The number of imide groups is 1. The van der Waals surface area contributed by atoms with Gasteiger partial charge in [-0.25, -0.2) is 4.79 Å². The van der Waals surface area contributed by atoms with Crippen LogP contribution in [0.15, 0.2) is 18.2 Å². The van der Waals surface area contributed by atoms with Crippen LogP contribution in [0, 0.1) is 5.92 Å². The number of amides is 3. The Bertz CT molecular complexity index is 685. The van der Waals surface area contributed by atoms with E-state index in [1.165, 1.54) is 31.7 Å². The number of hydrogen-bond donors (Lipinski definition) is 1. The molecule has 0 saturated heterocycles. The summed E-state index contributed by atoms with van der Waals surface area (Å²) in [5, 5.41) is 9.81. The summed E-state index contributed by atoms with van der Waals surface area (Å²) in [4.78, 5) is 39.0. The summed E-state index contributed by atoms with van der Waals surface area (Å²) in [6, 6.07) is 3.73. The Balaban J connectivity index is 2.04. The third-order valence-electron chi connectivity index (χ3n) is 5.43. The number of Topliss-reactive ketones (excluding diaryl/α,β-unsaturated/α-hetero) is 1. The minimum absolute atomic E-state index is 0.000355. The minimum atomic E-state index is -0.492. The SMILES string of the molecule is COc1ccc(C(=O)CN(C=O)C(=O)N(C)C(C)C2CCCCC2)cc1O. The third kappa shape index (κ3) is 4.99. The zero-order valence-electron chi connectivity index (χ0n) is 16.2. The average molecular weight is 376 g/mol. The first-order chi connectivity index (χ1) is 12.9. The predicted octanol–water partition coefficient (Wildman–Crippen LogP) is 3.06. The first-order valence-corrected chi connectivity index (χ1v) is 9.28. The predicted molar refractivity (Wildman–Crippen MR) is 101 cm³/mol. The molecule has 7 heteroatoms. The highest BCUT2D eigenvalue weighted by Gasteiger charge is 2.29. The Hall–Kier alpha value is -2.57. The van der Waals surface area contributed by atoms with Gasteiger partial charge in [0.05, 0.1) is 13.7 Å². The van der Waals surface area contributed by atoms with Crippen molar-refractivity contribution in [1.82, 2.24) is 9.80 Å². The lowest BCUT2D eigenvalue weighted by molar-refractivity contribution is -0.115. The van der Waals surface area contributed by atoms with Crippen LogP contribution >= 0.6 is 0 Å². The van der Waals surface area contributed by atoms with Crippen LogP contribution in [0.25, 0.3) is 0 Å². The maximum absolute atomic E-state index is 12.7. The number of ketones is 1. The number of benzene rings is 1. The van der Waals surface area contributed by atoms with Crippen LogP contribution in [0.1, 0.15) is 49.4 Å². The van der Waals surface area contributed by atoms with E-state index in [0.29, 0.717) is 12.3 Å². The first kappa shape index (κ1) is 20.7. The van der Waals surface area contributed by atoms with Crippen molar-refractivity contribution in [2.45, 2.75) is 45.1 Å². The molecule has 0 spiro atoms. The molecule has 1 atom stereocenters. The van der Waals surface area contributed by atoms with Crippen molar-refractivity contribution >= 4 is 18.2 Å². The summed E-state index contributed by atoms with van der Waals surface area (Å²) in [5.74, 6) is 0.0499. The average Bonchev–Trinajstić information content (AvgIpc) is 2.70. The molecule has 27 heavy (non-hydrogen) atoms. The van der Waals surface area contributed by atoms with Gasteiger partial charge >= 0.3 is 6.03 Å².